The zero-order valence-corrected chi connectivity index (χ0v) is 11.8. The van der Waals surface area contributed by atoms with E-state index >= 15 is 0 Å². The number of fused-ring (bicyclic) bond motifs is 1. The van der Waals surface area contributed by atoms with Gasteiger partial charge in [-0.25, -0.2) is 13.1 Å². The Kier molecular flexibility index (Phi) is 3.44. The van der Waals surface area contributed by atoms with Gasteiger partial charge in [0.1, 0.15) is 0 Å². The monoisotopic (exact) mass is 301 g/mol. The molecule has 5 nitrogen and oxygen atoms in total. The lowest BCUT2D eigenvalue weighted by Crippen LogP contribution is -2.37. The summed E-state index contributed by atoms with van der Waals surface area (Å²) in [4.78, 5) is 0.00830. The van der Waals surface area contributed by atoms with Crippen LogP contribution in [-0.4, -0.2) is 24.6 Å². The fourth-order valence-corrected chi connectivity index (χ4v) is 3.01. The molecule has 3 aromatic rings. The van der Waals surface area contributed by atoms with Crippen LogP contribution in [0, 0.1) is 0 Å². The summed E-state index contributed by atoms with van der Waals surface area (Å²) in [7, 11) is -3.97. The van der Waals surface area contributed by atoms with E-state index in [0.717, 1.165) is 5.39 Å². The average molecular weight is 301 g/mol. The van der Waals surface area contributed by atoms with Crippen molar-refractivity contribution in [2.45, 2.75) is 4.90 Å². The van der Waals surface area contributed by atoms with Gasteiger partial charge in [-0.15, -0.1) is 0 Å². The predicted octanol–water partition coefficient (Wildman–Crippen LogP) is 1.52. The Bertz CT molecular complexity index is 861. The summed E-state index contributed by atoms with van der Waals surface area (Å²) >= 11 is 0. The van der Waals surface area contributed by atoms with Gasteiger partial charge in [0.2, 0.25) is 9.69 Å². The highest BCUT2D eigenvalue weighted by molar-refractivity contribution is 8.16. The first kappa shape index (κ1) is 13.7. The Morgan fingerprint density at radius 2 is 1.62 bits per heavy atom. The SMILES string of the molecule is O=S(=O)(B(O)On1ccc2ccccc21)c1ccccc1. The highest BCUT2D eigenvalue weighted by Gasteiger charge is 2.37. The van der Waals surface area contributed by atoms with Gasteiger partial charge in [-0.1, -0.05) is 36.4 Å². The minimum Gasteiger partial charge on any atom is -0.433 e. The molecular weight excluding hydrogens is 289 g/mol. The largest absolute Gasteiger partial charge is 0.687 e. The van der Waals surface area contributed by atoms with Gasteiger partial charge < -0.3 is 9.78 Å². The fraction of sp³-hybridized carbons (Fsp3) is 0. The quantitative estimate of drug-likeness (QED) is 0.742. The van der Waals surface area contributed by atoms with E-state index < -0.39 is 16.1 Å². The van der Waals surface area contributed by atoms with E-state index in [1.165, 1.54) is 16.9 Å². The zero-order valence-electron chi connectivity index (χ0n) is 11.0. The Hall–Kier alpha value is -2.25. The highest BCUT2D eigenvalue weighted by atomic mass is 32.2. The number of hydrogen-bond acceptors (Lipinski definition) is 4. The van der Waals surface area contributed by atoms with Crippen molar-refractivity contribution in [3.63, 3.8) is 0 Å². The van der Waals surface area contributed by atoms with Gasteiger partial charge in [-0.05, 0) is 24.3 Å². The molecule has 106 valence electrons. The van der Waals surface area contributed by atoms with Gasteiger partial charge in [0.25, 0.3) is 0 Å². The summed E-state index contributed by atoms with van der Waals surface area (Å²) in [6, 6.07) is 16.8. The number of rotatable bonds is 4. The van der Waals surface area contributed by atoms with Crippen molar-refractivity contribution < 1.29 is 18.2 Å². The summed E-state index contributed by atoms with van der Waals surface area (Å²) in [5.74, 6) is 0. The molecule has 0 spiro atoms. The number of hydrogen-bond donors (Lipinski definition) is 1. The van der Waals surface area contributed by atoms with E-state index in [0.29, 0.717) is 5.52 Å². The normalized spacial score (nSPS) is 11.5. The molecule has 1 heterocycles. The van der Waals surface area contributed by atoms with Crippen molar-refractivity contribution in [1.82, 2.24) is 4.73 Å². The molecule has 3 rings (SSSR count). The second-order valence-electron chi connectivity index (χ2n) is 4.47. The van der Waals surface area contributed by atoms with Gasteiger partial charge in [0, 0.05) is 11.6 Å². The van der Waals surface area contributed by atoms with Crippen LogP contribution in [0.15, 0.2) is 71.8 Å². The van der Waals surface area contributed by atoms with Crippen molar-refractivity contribution in [2.24, 2.45) is 0 Å². The highest BCUT2D eigenvalue weighted by Crippen LogP contribution is 2.16. The lowest BCUT2D eigenvalue weighted by atomic mass is 10.3. The third-order valence-corrected chi connectivity index (χ3v) is 4.65. The van der Waals surface area contributed by atoms with Crippen molar-refractivity contribution >= 4 is 27.0 Å². The van der Waals surface area contributed by atoms with Gasteiger partial charge in [0.15, 0.2) is 0 Å². The predicted molar refractivity (Wildman–Crippen MR) is 80.1 cm³/mol. The number of aromatic nitrogens is 1. The van der Waals surface area contributed by atoms with Gasteiger partial charge >= 0.3 is 6.40 Å². The van der Waals surface area contributed by atoms with Crippen LogP contribution >= 0.6 is 0 Å². The Morgan fingerprint density at radius 3 is 2.38 bits per heavy atom. The van der Waals surface area contributed by atoms with Crippen LogP contribution in [0.3, 0.4) is 0 Å². The second-order valence-corrected chi connectivity index (χ2v) is 6.44. The maximum absolute atomic E-state index is 12.2. The summed E-state index contributed by atoms with van der Waals surface area (Å²) in [5, 5.41) is 10.8. The topological polar surface area (TPSA) is 68.5 Å². The van der Waals surface area contributed by atoms with Crippen LogP contribution < -0.4 is 4.76 Å². The molecule has 2 aromatic carbocycles. The Balaban J connectivity index is 1.91. The minimum absolute atomic E-state index is 0.00830. The van der Waals surface area contributed by atoms with Crippen molar-refractivity contribution in [2.75, 3.05) is 0 Å². The maximum Gasteiger partial charge on any atom is 0.687 e. The molecule has 1 aromatic heterocycles. The molecule has 0 aliphatic heterocycles. The van der Waals surface area contributed by atoms with E-state index in [1.807, 2.05) is 12.1 Å². The Morgan fingerprint density at radius 1 is 0.952 bits per heavy atom. The molecular formula is C14H12BNO4S. The lowest BCUT2D eigenvalue weighted by molar-refractivity contribution is 0.252. The van der Waals surface area contributed by atoms with Crippen molar-refractivity contribution in [3.8, 4) is 0 Å². The van der Waals surface area contributed by atoms with E-state index in [9.17, 15) is 13.4 Å². The van der Waals surface area contributed by atoms with Gasteiger partial charge in [-0.3, -0.25) is 0 Å². The van der Waals surface area contributed by atoms with Gasteiger partial charge in [0.05, 0.1) is 10.4 Å². The molecule has 0 saturated heterocycles. The standard InChI is InChI=1S/C14H12BNO4S/c17-15(21(18,19)13-7-2-1-3-8-13)20-16-11-10-12-6-4-5-9-14(12)16/h1-11,17H. The van der Waals surface area contributed by atoms with Gasteiger partial charge in [-0.2, -0.15) is 0 Å². The molecule has 0 fully saturated rings. The first-order valence-electron chi connectivity index (χ1n) is 6.29. The molecule has 21 heavy (non-hydrogen) atoms. The first-order valence-corrected chi connectivity index (χ1v) is 7.84. The molecule has 0 atom stereocenters. The number of nitrogens with zero attached hydrogens (tertiary/aromatic N) is 1. The van der Waals surface area contributed by atoms with Crippen LogP contribution in [0.2, 0.25) is 0 Å². The number of para-hydroxylation sites is 1. The second kappa shape index (κ2) is 5.27. The fourth-order valence-electron chi connectivity index (χ4n) is 2.03. The van der Waals surface area contributed by atoms with E-state index in [-0.39, 0.29) is 4.90 Å². The molecule has 0 bridgehead atoms. The molecule has 0 aliphatic carbocycles. The molecule has 0 unspecified atom stereocenters. The summed E-state index contributed by atoms with van der Waals surface area (Å²) in [6.07, 6.45) is -0.412. The lowest BCUT2D eigenvalue weighted by Gasteiger charge is -2.11. The maximum atomic E-state index is 12.2. The third-order valence-electron chi connectivity index (χ3n) is 3.10. The molecule has 1 N–H and O–H groups in total. The molecule has 0 saturated carbocycles. The first-order chi connectivity index (χ1) is 10.1. The van der Waals surface area contributed by atoms with Crippen LogP contribution in [-0.2, 0) is 9.69 Å². The zero-order chi connectivity index (χ0) is 14.9. The van der Waals surface area contributed by atoms with E-state index in [1.54, 1.807) is 42.6 Å². The summed E-state index contributed by atoms with van der Waals surface area (Å²) in [5.41, 5.74) is 0.680. The summed E-state index contributed by atoms with van der Waals surface area (Å²) in [6.45, 7) is 0. The van der Waals surface area contributed by atoms with Crippen LogP contribution in [0.4, 0.5) is 0 Å². The van der Waals surface area contributed by atoms with E-state index in [2.05, 4.69) is 0 Å². The molecule has 0 amide bonds. The van der Waals surface area contributed by atoms with Crippen molar-refractivity contribution in [3.05, 3.63) is 66.9 Å². The molecule has 0 aliphatic rings. The smallest absolute Gasteiger partial charge is 0.433 e. The van der Waals surface area contributed by atoms with Crippen LogP contribution in [0.25, 0.3) is 10.9 Å². The van der Waals surface area contributed by atoms with Crippen LogP contribution in [0.5, 0.6) is 0 Å². The van der Waals surface area contributed by atoms with Crippen LogP contribution in [0.1, 0.15) is 0 Å². The van der Waals surface area contributed by atoms with E-state index in [4.69, 9.17) is 4.76 Å². The minimum atomic E-state index is -3.97. The summed E-state index contributed by atoms with van der Waals surface area (Å²) < 4.78 is 30.8. The van der Waals surface area contributed by atoms with Crippen molar-refractivity contribution in [1.29, 1.82) is 0 Å². The molecule has 0 radical (unpaired) electrons. The molecule has 7 heteroatoms. The average Bonchev–Trinajstić information content (AvgIpc) is 2.91. The Labute approximate surface area is 122 Å². The third kappa shape index (κ3) is 2.53. The number of benzene rings is 2.